The number of hydrogen-bond donors (Lipinski definition) is 3. The quantitative estimate of drug-likeness (QED) is 0.0932. The molecule has 13 heteroatoms. The summed E-state index contributed by atoms with van der Waals surface area (Å²) in [5.74, 6) is -6.60. The number of methoxy groups -OCH3 is 2. The highest BCUT2D eigenvalue weighted by Gasteiger charge is 2.85. The summed E-state index contributed by atoms with van der Waals surface area (Å²) >= 11 is 0. The maximum atomic E-state index is 13.7. The molecule has 1 aromatic carbocycles. The van der Waals surface area contributed by atoms with Crippen molar-refractivity contribution in [1.82, 2.24) is 0 Å². The monoisotopic (exact) mass is 704 g/mol. The van der Waals surface area contributed by atoms with E-state index >= 15 is 0 Å². The molecule has 278 valence electrons. The number of aliphatic hydroxyl groups excluding tert-OH is 2. The number of hydrogen-bond acceptors (Lipinski definition) is 13. The standard InChI is InChI=1S/C37H52O13/c1-9-22(2)19-23(3)15-16-29(40)48-32-31(41)35(49-28(21-38)36(44,33(42)45-7)37(32,50-35)34(43)46-8)18-17-24(4)30(47-26(6)39)25(5)20-27-13-11-10-12-14-27/h10-16,22-23,25,28,30-32,38,41,44H,4,9,17-21H2,1-3,5-8H3/b16-15+/t22-,23+,25+,28+,30+,31+,32+,35-,36+,37-/m0/s1. The molecular formula is C37H52O13. The third-order valence-electron chi connectivity index (χ3n) is 9.68. The average Bonchev–Trinajstić information content (AvgIpc) is 3.31. The maximum Gasteiger partial charge on any atom is 0.346 e. The van der Waals surface area contributed by atoms with Gasteiger partial charge in [-0.2, -0.15) is 0 Å². The molecule has 2 fully saturated rings. The molecule has 2 heterocycles. The fourth-order valence-corrected chi connectivity index (χ4v) is 6.91. The van der Waals surface area contributed by atoms with Crippen molar-refractivity contribution in [2.75, 3.05) is 20.8 Å². The van der Waals surface area contributed by atoms with Crippen molar-refractivity contribution >= 4 is 23.9 Å². The molecule has 50 heavy (non-hydrogen) atoms. The molecule has 2 aliphatic rings. The minimum absolute atomic E-state index is 0.0306. The van der Waals surface area contributed by atoms with E-state index in [2.05, 4.69) is 20.4 Å². The fraction of sp³-hybridized carbons (Fsp3) is 0.622. The first-order valence-corrected chi connectivity index (χ1v) is 16.9. The van der Waals surface area contributed by atoms with E-state index < -0.39 is 71.9 Å². The predicted molar refractivity (Wildman–Crippen MR) is 179 cm³/mol. The minimum atomic E-state index is -3.16. The lowest BCUT2D eigenvalue weighted by atomic mass is 9.74. The Hall–Kier alpha value is -3.62. The molecule has 0 unspecified atom stereocenters. The minimum Gasteiger partial charge on any atom is -0.467 e. The van der Waals surface area contributed by atoms with Gasteiger partial charge in [-0.15, -0.1) is 0 Å². The highest BCUT2D eigenvalue weighted by Crippen LogP contribution is 2.56. The largest absolute Gasteiger partial charge is 0.467 e. The highest BCUT2D eigenvalue weighted by molar-refractivity contribution is 5.95. The second kappa shape index (κ2) is 17.1. The van der Waals surface area contributed by atoms with Crippen molar-refractivity contribution in [2.45, 2.75) is 108 Å². The van der Waals surface area contributed by atoms with E-state index in [0.717, 1.165) is 38.7 Å². The molecule has 13 nitrogen and oxygen atoms in total. The topological polar surface area (TPSA) is 184 Å². The van der Waals surface area contributed by atoms with Gasteiger partial charge < -0.3 is 43.7 Å². The first kappa shape index (κ1) is 40.8. The molecule has 2 aliphatic heterocycles. The molecule has 10 atom stereocenters. The maximum absolute atomic E-state index is 13.7. The summed E-state index contributed by atoms with van der Waals surface area (Å²) in [5, 5.41) is 34.3. The third-order valence-corrected chi connectivity index (χ3v) is 9.68. The first-order valence-electron chi connectivity index (χ1n) is 16.9. The number of ether oxygens (including phenoxy) is 6. The molecule has 0 radical (unpaired) electrons. The van der Waals surface area contributed by atoms with Gasteiger partial charge in [-0.1, -0.05) is 77.1 Å². The Morgan fingerprint density at radius 3 is 2.26 bits per heavy atom. The summed E-state index contributed by atoms with van der Waals surface area (Å²) in [6, 6.07) is 9.55. The number of esters is 4. The molecule has 2 bridgehead atoms. The molecule has 0 aromatic heterocycles. The van der Waals surface area contributed by atoms with Crippen LogP contribution in [0, 0.1) is 17.8 Å². The molecular weight excluding hydrogens is 652 g/mol. The highest BCUT2D eigenvalue weighted by atomic mass is 16.8. The Labute approximate surface area is 293 Å². The molecule has 0 saturated carbocycles. The van der Waals surface area contributed by atoms with Crippen LogP contribution in [0.15, 0.2) is 54.6 Å². The van der Waals surface area contributed by atoms with Gasteiger partial charge in [-0.3, -0.25) is 4.79 Å². The second-order valence-electron chi connectivity index (χ2n) is 13.4. The van der Waals surface area contributed by atoms with E-state index in [0.29, 0.717) is 17.9 Å². The van der Waals surface area contributed by atoms with Crippen LogP contribution in [-0.2, 0) is 54.0 Å². The Kier molecular flexibility index (Phi) is 13.9. The van der Waals surface area contributed by atoms with Gasteiger partial charge in [0, 0.05) is 25.3 Å². The van der Waals surface area contributed by atoms with Crippen LogP contribution in [0.5, 0.6) is 0 Å². The molecule has 3 rings (SSSR count). The van der Waals surface area contributed by atoms with E-state index in [-0.39, 0.29) is 24.7 Å². The molecule has 3 N–H and O–H groups in total. The summed E-state index contributed by atoms with van der Waals surface area (Å²) in [6.45, 7) is 12.3. The number of aliphatic hydroxyl groups is 3. The van der Waals surface area contributed by atoms with Crippen LogP contribution in [0.4, 0.5) is 0 Å². The van der Waals surface area contributed by atoms with Crippen molar-refractivity contribution in [2.24, 2.45) is 17.8 Å². The SMILES string of the molecule is C=C(CC[C@]12O[C@H](CO)[C@@](O)(C(=O)OC)[C@](C(=O)OC)(O1)[C@H](OC(=O)/C=C/[C@@H](C)C[C@@H](C)CC)[C@H]2O)[C@@H](OC(C)=O)[C@H](C)Cc1ccccc1. The predicted octanol–water partition coefficient (Wildman–Crippen LogP) is 2.97. The van der Waals surface area contributed by atoms with Crippen molar-refractivity contribution in [3.05, 3.63) is 60.2 Å². The zero-order valence-corrected chi connectivity index (χ0v) is 30.0. The van der Waals surface area contributed by atoms with Gasteiger partial charge in [0.25, 0.3) is 0 Å². The van der Waals surface area contributed by atoms with Crippen molar-refractivity contribution in [1.29, 1.82) is 0 Å². The zero-order chi connectivity index (χ0) is 37.4. The van der Waals surface area contributed by atoms with Crippen LogP contribution in [-0.4, -0.2) is 101 Å². The van der Waals surface area contributed by atoms with Gasteiger partial charge in [0.05, 0.1) is 20.8 Å². The van der Waals surface area contributed by atoms with E-state index in [1.54, 1.807) is 6.08 Å². The number of rotatable bonds is 17. The fourth-order valence-electron chi connectivity index (χ4n) is 6.91. The number of benzene rings is 1. The smallest absolute Gasteiger partial charge is 0.346 e. The Morgan fingerprint density at radius 2 is 1.70 bits per heavy atom. The molecule has 2 saturated heterocycles. The summed E-state index contributed by atoms with van der Waals surface area (Å²) in [7, 11) is 1.87. The van der Waals surface area contributed by atoms with Crippen LogP contribution < -0.4 is 0 Å². The number of allylic oxidation sites excluding steroid dienone is 1. The molecule has 0 spiro atoms. The number of fused-ring (bicyclic) bond motifs is 2. The van der Waals surface area contributed by atoms with E-state index in [9.17, 15) is 34.5 Å². The normalized spacial score (nSPS) is 29.8. The van der Waals surface area contributed by atoms with Gasteiger partial charge in [0.15, 0.2) is 6.10 Å². The number of carbonyl (C=O) groups is 4. The summed E-state index contributed by atoms with van der Waals surface area (Å²) in [6.07, 6.45) is -2.21. The summed E-state index contributed by atoms with van der Waals surface area (Å²) in [4.78, 5) is 52.4. The van der Waals surface area contributed by atoms with E-state index in [1.165, 1.54) is 6.92 Å². The van der Waals surface area contributed by atoms with Crippen LogP contribution >= 0.6 is 0 Å². The van der Waals surface area contributed by atoms with Crippen molar-refractivity contribution < 1.29 is 62.9 Å². The van der Waals surface area contributed by atoms with Gasteiger partial charge in [-0.25, -0.2) is 14.4 Å². The van der Waals surface area contributed by atoms with Gasteiger partial charge in [0.2, 0.25) is 17.0 Å². The van der Waals surface area contributed by atoms with Gasteiger partial charge in [-0.05, 0) is 42.2 Å². The zero-order valence-electron chi connectivity index (χ0n) is 30.0. The summed E-state index contributed by atoms with van der Waals surface area (Å²) < 4.78 is 33.2. The third kappa shape index (κ3) is 8.13. The van der Waals surface area contributed by atoms with Crippen molar-refractivity contribution in [3.63, 3.8) is 0 Å². The molecule has 0 aliphatic carbocycles. The van der Waals surface area contributed by atoms with Gasteiger partial charge >= 0.3 is 23.9 Å². The average molecular weight is 705 g/mol. The van der Waals surface area contributed by atoms with Crippen molar-refractivity contribution in [3.8, 4) is 0 Å². The Balaban J connectivity index is 2.03. The molecule has 1 aromatic rings. The Morgan fingerprint density at radius 1 is 1.06 bits per heavy atom. The van der Waals surface area contributed by atoms with Crippen LogP contribution in [0.1, 0.15) is 65.9 Å². The Bertz CT molecular complexity index is 1390. The second-order valence-corrected chi connectivity index (χ2v) is 13.4. The van der Waals surface area contributed by atoms with Crippen LogP contribution in [0.25, 0.3) is 0 Å². The summed E-state index contributed by atoms with van der Waals surface area (Å²) in [5.41, 5.74) is -4.72. The van der Waals surface area contributed by atoms with Crippen LogP contribution in [0.3, 0.4) is 0 Å². The van der Waals surface area contributed by atoms with Gasteiger partial charge in [0.1, 0.15) is 18.3 Å². The van der Waals surface area contributed by atoms with E-state index in [1.807, 2.05) is 44.2 Å². The first-order chi connectivity index (χ1) is 23.6. The lowest BCUT2D eigenvalue weighted by Crippen LogP contribution is -2.77. The lowest BCUT2D eigenvalue weighted by molar-refractivity contribution is -0.383. The van der Waals surface area contributed by atoms with Crippen LogP contribution in [0.2, 0.25) is 0 Å². The lowest BCUT2D eigenvalue weighted by Gasteiger charge is -2.50. The number of carbonyl (C=O) groups excluding carboxylic acids is 4. The molecule has 0 amide bonds. The van der Waals surface area contributed by atoms with E-state index in [4.69, 9.17) is 28.4 Å².